The average molecular weight is 464 g/mol. The molecule has 1 aromatic carbocycles. The van der Waals surface area contributed by atoms with E-state index in [1.54, 1.807) is 30.1 Å². The number of hydrogen-bond acceptors (Lipinski definition) is 7. The number of pyridine rings is 1. The van der Waals surface area contributed by atoms with Crippen LogP contribution >= 0.6 is 23.2 Å². The van der Waals surface area contributed by atoms with Crippen molar-refractivity contribution >= 4 is 40.6 Å². The van der Waals surface area contributed by atoms with Gasteiger partial charge in [0.1, 0.15) is 0 Å². The van der Waals surface area contributed by atoms with Crippen LogP contribution in [0.1, 0.15) is 23.7 Å². The fourth-order valence-corrected chi connectivity index (χ4v) is 3.35. The summed E-state index contributed by atoms with van der Waals surface area (Å²) < 4.78 is 0. The summed E-state index contributed by atoms with van der Waals surface area (Å²) in [6.45, 7) is 2.15. The molecule has 2 aromatic heterocycles. The van der Waals surface area contributed by atoms with Gasteiger partial charge in [-0.1, -0.05) is 30.1 Å². The van der Waals surface area contributed by atoms with Crippen molar-refractivity contribution in [1.29, 1.82) is 0 Å². The molecule has 0 aliphatic rings. The first-order valence-corrected chi connectivity index (χ1v) is 10.0. The van der Waals surface area contributed by atoms with Crippen LogP contribution in [0.15, 0.2) is 42.9 Å². The Kier molecular flexibility index (Phi) is 7.03. The van der Waals surface area contributed by atoms with E-state index in [0.717, 1.165) is 0 Å². The number of carbonyl (C=O) groups excluding carboxylic acids is 1. The molecule has 2 heterocycles. The molecule has 0 fully saturated rings. The summed E-state index contributed by atoms with van der Waals surface area (Å²) in [4.78, 5) is 30.9. The molecule has 3 aromatic rings. The van der Waals surface area contributed by atoms with E-state index in [2.05, 4.69) is 20.5 Å². The van der Waals surface area contributed by atoms with E-state index in [1.165, 1.54) is 29.5 Å². The Morgan fingerprint density at radius 3 is 2.61 bits per heavy atom. The van der Waals surface area contributed by atoms with Gasteiger partial charge in [0.25, 0.3) is 5.91 Å². The van der Waals surface area contributed by atoms with Crippen LogP contribution in [-0.2, 0) is 0 Å². The van der Waals surface area contributed by atoms with Gasteiger partial charge in [0, 0.05) is 36.9 Å². The Balaban J connectivity index is 1.82. The highest BCUT2D eigenvalue weighted by Crippen LogP contribution is 2.26. The SMILES string of the molecule is CC[C@@H](CNc1ncc(Cl)cc1[N+](=O)[O-])N(C)C(=O)c1cc(Cl)ccc1-n1nccn1. The third kappa shape index (κ3) is 5.09. The predicted molar refractivity (Wildman–Crippen MR) is 117 cm³/mol. The normalized spacial score (nSPS) is 11.7. The van der Waals surface area contributed by atoms with E-state index in [4.69, 9.17) is 23.2 Å². The van der Waals surface area contributed by atoms with Gasteiger partial charge in [-0.2, -0.15) is 15.0 Å². The average Bonchev–Trinajstić information content (AvgIpc) is 3.28. The maximum Gasteiger partial charge on any atom is 0.312 e. The number of nitrogens with one attached hydrogen (secondary N) is 1. The van der Waals surface area contributed by atoms with Crippen LogP contribution in [0, 0.1) is 10.1 Å². The van der Waals surface area contributed by atoms with Crippen molar-refractivity contribution in [3.63, 3.8) is 0 Å². The van der Waals surface area contributed by atoms with Gasteiger partial charge in [-0.05, 0) is 24.6 Å². The van der Waals surface area contributed by atoms with Gasteiger partial charge in [-0.3, -0.25) is 14.9 Å². The van der Waals surface area contributed by atoms with Gasteiger partial charge < -0.3 is 10.2 Å². The fourth-order valence-electron chi connectivity index (χ4n) is 3.02. The Hall–Kier alpha value is -3.24. The minimum absolute atomic E-state index is 0.0814. The molecule has 12 heteroatoms. The third-order valence-electron chi connectivity index (χ3n) is 4.70. The molecule has 0 aliphatic heterocycles. The number of rotatable bonds is 8. The van der Waals surface area contributed by atoms with Crippen LogP contribution in [0.4, 0.5) is 11.5 Å². The number of aromatic nitrogens is 4. The highest BCUT2D eigenvalue weighted by Gasteiger charge is 2.25. The van der Waals surface area contributed by atoms with Crippen molar-refractivity contribution in [2.75, 3.05) is 18.9 Å². The molecule has 0 bridgehead atoms. The Morgan fingerprint density at radius 1 is 1.26 bits per heavy atom. The molecular weight excluding hydrogens is 445 g/mol. The van der Waals surface area contributed by atoms with Crippen molar-refractivity contribution in [3.05, 3.63) is 68.6 Å². The van der Waals surface area contributed by atoms with Crippen LogP contribution in [0.3, 0.4) is 0 Å². The molecule has 162 valence electrons. The molecule has 10 nitrogen and oxygen atoms in total. The summed E-state index contributed by atoms with van der Waals surface area (Å²) in [6, 6.07) is 5.82. The molecule has 1 N–H and O–H groups in total. The zero-order chi connectivity index (χ0) is 22.5. The van der Waals surface area contributed by atoms with Gasteiger partial charge in [-0.25, -0.2) is 4.98 Å². The van der Waals surface area contributed by atoms with Crippen molar-refractivity contribution < 1.29 is 9.72 Å². The summed E-state index contributed by atoms with van der Waals surface area (Å²) in [5.41, 5.74) is 0.586. The lowest BCUT2D eigenvalue weighted by atomic mass is 10.1. The minimum atomic E-state index is -0.563. The van der Waals surface area contributed by atoms with E-state index >= 15 is 0 Å². The monoisotopic (exact) mass is 463 g/mol. The van der Waals surface area contributed by atoms with Gasteiger partial charge in [-0.15, -0.1) is 0 Å². The summed E-state index contributed by atoms with van der Waals surface area (Å²) in [5.74, 6) is -0.208. The first-order valence-electron chi connectivity index (χ1n) is 9.29. The number of halogens is 2. The maximum atomic E-state index is 13.3. The first-order chi connectivity index (χ1) is 14.8. The molecule has 31 heavy (non-hydrogen) atoms. The van der Waals surface area contributed by atoms with Crippen LogP contribution in [0.25, 0.3) is 5.69 Å². The van der Waals surface area contributed by atoms with Gasteiger partial charge in [0.15, 0.2) is 0 Å². The zero-order valence-corrected chi connectivity index (χ0v) is 18.2. The second kappa shape index (κ2) is 9.71. The lowest BCUT2D eigenvalue weighted by Crippen LogP contribution is -2.41. The van der Waals surface area contributed by atoms with E-state index < -0.39 is 4.92 Å². The largest absolute Gasteiger partial charge is 0.362 e. The van der Waals surface area contributed by atoms with Crippen molar-refractivity contribution in [3.8, 4) is 5.69 Å². The number of hydrogen-bond donors (Lipinski definition) is 1. The Labute approximate surface area is 187 Å². The van der Waals surface area contributed by atoms with Gasteiger partial charge in [0.2, 0.25) is 5.82 Å². The molecule has 0 aliphatic carbocycles. The van der Waals surface area contributed by atoms with Gasteiger partial charge in [0.05, 0.1) is 33.6 Å². The number of nitrogens with zero attached hydrogens (tertiary/aromatic N) is 6. The van der Waals surface area contributed by atoms with Crippen molar-refractivity contribution in [2.45, 2.75) is 19.4 Å². The maximum absolute atomic E-state index is 13.3. The molecule has 0 radical (unpaired) electrons. The van der Waals surface area contributed by atoms with E-state index in [1.807, 2.05) is 6.92 Å². The molecule has 0 spiro atoms. The third-order valence-corrected chi connectivity index (χ3v) is 5.14. The summed E-state index contributed by atoms with van der Waals surface area (Å²) in [6.07, 6.45) is 4.93. The predicted octanol–water partition coefficient (Wildman–Crippen LogP) is 3.84. The topological polar surface area (TPSA) is 119 Å². The van der Waals surface area contributed by atoms with Crippen LogP contribution < -0.4 is 5.32 Å². The quantitative estimate of drug-likeness (QED) is 0.397. The molecule has 0 saturated heterocycles. The number of carbonyl (C=O) groups is 1. The number of nitro groups is 1. The number of benzene rings is 1. The lowest BCUT2D eigenvalue weighted by Gasteiger charge is -2.28. The van der Waals surface area contributed by atoms with Gasteiger partial charge >= 0.3 is 5.69 Å². The zero-order valence-electron chi connectivity index (χ0n) is 16.7. The van der Waals surface area contributed by atoms with E-state index in [0.29, 0.717) is 22.7 Å². The molecule has 0 unspecified atom stereocenters. The van der Waals surface area contributed by atoms with Crippen LogP contribution in [0.5, 0.6) is 0 Å². The second-order valence-electron chi connectivity index (χ2n) is 6.62. The highest BCUT2D eigenvalue weighted by molar-refractivity contribution is 6.31. The van der Waals surface area contributed by atoms with E-state index in [-0.39, 0.29) is 35.0 Å². The van der Waals surface area contributed by atoms with E-state index in [9.17, 15) is 14.9 Å². The van der Waals surface area contributed by atoms with Crippen molar-refractivity contribution in [1.82, 2.24) is 24.9 Å². The first kappa shape index (κ1) is 22.4. The van der Waals surface area contributed by atoms with Crippen LogP contribution in [-0.4, -0.2) is 55.3 Å². The van der Waals surface area contributed by atoms with Crippen LogP contribution in [0.2, 0.25) is 10.0 Å². The Bertz CT molecular complexity index is 1090. The molecule has 1 atom stereocenters. The standard InChI is InChI=1S/C19H19Cl2N7O3/c1-3-14(11-23-18-17(28(30)31)9-13(21)10-22-18)26(2)19(29)15-8-12(20)4-5-16(15)27-24-6-7-25-27/h4-10,14H,3,11H2,1-2H3,(H,22,23)/t14-/m0/s1. The number of amides is 1. The Morgan fingerprint density at radius 2 is 1.97 bits per heavy atom. The second-order valence-corrected chi connectivity index (χ2v) is 7.49. The minimum Gasteiger partial charge on any atom is -0.362 e. The fraction of sp³-hybridized carbons (Fsp3) is 0.263. The molecular formula is C19H19Cl2N7O3. The summed E-state index contributed by atoms with van der Waals surface area (Å²) in [5, 5.41) is 23.0. The molecule has 0 saturated carbocycles. The summed E-state index contributed by atoms with van der Waals surface area (Å²) >= 11 is 11.9. The lowest BCUT2D eigenvalue weighted by molar-refractivity contribution is -0.384. The van der Waals surface area contributed by atoms with Crippen molar-refractivity contribution in [2.24, 2.45) is 0 Å². The summed E-state index contributed by atoms with van der Waals surface area (Å²) in [7, 11) is 1.66. The number of anilines is 1. The highest BCUT2D eigenvalue weighted by atomic mass is 35.5. The number of likely N-dealkylation sites (N-methyl/N-ethyl adjacent to an activating group) is 1. The molecule has 1 amide bonds. The smallest absolute Gasteiger partial charge is 0.312 e. The molecule has 3 rings (SSSR count).